The Balaban J connectivity index is 1.24. The smallest absolute Gasteiger partial charge is 0.405 e. The fraction of sp³-hybridized carbons (Fsp3) is 0.351. The van der Waals surface area contributed by atoms with Crippen LogP contribution in [0.5, 0.6) is 5.75 Å². The van der Waals surface area contributed by atoms with Gasteiger partial charge in [0.05, 0.1) is 40.7 Å². The molecule has 0 bridgehead atoms. The number of hydrogen-bond donors (Lipinski definition) is 0. The van der Waals surface area contributed by atoms with Crippen LogP contribution in [0.2, 0.25) is 0 Å². The zero-order valence-corrected chi connectivity index (χ0v) is 28.0. The molecule has 0 aliphatic heterocycles. The maximum Gasteiger partial charge on any atom is 0.405 e. The van der Waals surface area contributed by atoms with Crippen LogP contribution in [0.4, 0.5) is 53.0 Å². The van der Waals surface area contributed by atoms with Gasteiger partial charge in [-0.2, -0.15) is 43.9 Å². The van der Waals surface area contributed by atoms with E-state index in [2.05, 4.69) is 58.4 Å². The zero-order valence-electron chi connectivity index (χ0n) is 28.0. The number of alkyl halides is 3. The van der Waals surface area contributed by atoms with Crippen LogP contribution in [0, 0.1) is 11.3 Å². The summed E-state index contributed by atoms with van der Waals surface area (Å²) in [6.45, 7) is 10.7. The normalized spacial score (nSPS) is 13.1. The largest absolute Gasteiger partial charge is 0.494 e. The van der Waals surface area contributed by atoms with Crippen molar-refractivity contribution in [2.75, 3.05) is 24.6 Å². The Morgan fingerprint density at radius 3 is 1.29 bits per heavy atom. The summed E-state index contributed by atoms with van der Waals surface area (Å²) in [5.41, 5.74) is 4.66. The topological polar surface area (TPSA) is 86.6 Å². The van der Waals surface area contributed by atoms with E-state index in [-0.39, 0.29) is 6.54 Å². The van der Waals surface area contributed by atoms with Gasteiger partial charge < -0.3 is 9.64 Å². The van der Waals surface area contributed by atoms with Crippen molar-refractivity contribution < 1.29 is 17.9 Å². The van der Waals surface area contributed by atoms with Crippen LogP contribution in [0.15, 0.2) is 128 Å². The second-order valence-electron chi connectivity index (χ2n) is 12.8. The molecular weight excluding hydrogens is 615 g/mol. The number of hydrogen-bond acceptors (Lipinski definition) is 8. The molecular formula is C37H42F3N7O. The average Bonchev–Trinajstić information content (AvgIpc) is 3.05. The van der Waals surface area contributed by atoms with E-state index in [0.717, 1.165) is 17.9 Å². The van der Waals surface area contributed by atoms with Crippen molar-refractivity contribution in [3.8, 4) is 5.75 Å². The van der Waals surface area contributed by atoms with E-state index in [0.29, 0.717) is 52.1 Å². The number of rotatable bonds is 14. The molecule has 48 heavy (non-hydrogen) atoms. The summed E-state index contributed by atoms with van der Waals surface area (Å²) in [7, 11) is 0. The van der Waals surface area contributed by atoms with Crippen LogP contribution in [0.3, 0.4) is 0 Å². The maximum atomic E-state index is 12.8. The molecule has 0 heterocycles. The molecule has 252 valence electrons. The fourth-order valence-corrected chi connectivity index (χ4v) is 4.98. The molecule has 0 saturated heterocycles. The molecule has 1 atom stereocenters. The minimum Gasteiger partial charge on any atom is -0.494 e. The molecule has 0 aliphatic carbocycles. The van der Waals surface area contributed by atoms with E-state index in [9.17, 15) is 13.2 Å². The molecule has 8 nitrogen and oxygen atoms in total. The average molecular weight is 658 g/mol. The van der Waals surface area contributed by atoms with Crippen molar-refractivity contribution in [2.24, 2.45) is 42.0 Å². The molecule has 0 radical (unpaired) electrons. The third-order valence-corrected chi connectivity index (χ3v) is 7.19. The first-order valence-corrected chi connectivity index (χ1v) is 16.0. The number of anilines is 1. The summed E-state index contributed by atoms with van der Waals surface area (Å²) in [6.07, 6.45) is -2.08. The second kappa shape index (κ2) is 16.8. The lowest BCUT2D eigenvalue weighted by Gasteiger charge is -2.24. The molecule has 11 heteroatoms. The van der Waals surface area contributed by atoms with Crippen LogP contribution >= 0.6 is 0 Å². The van der Waals surface area contributed by atoms with Gasteiger partial charge in [0.25, 0.3) is 0 Å². The Kier molecular flexibility index (Phi) is 12.5. The highest BCUT2D eigenvalue weighted by atomic mass is 19.4. The number of azo groups is 3. The van der Waals surface area contributed by atoms with Crippen molar-refractivity contribution in [3.63, 3.8) is 0 Å². The monoisotopic (exact) mass is 657 g/mol. The Hall–Kier alpha value is -4.93. The summed E-state index contributed by atoms with van der Waals surface area (Å²) >= 11 is 0. The molecule has 4 aromatic carbocycles. The molecule has 0 aromatic heterocycles. The second-order valence-corrected chi connectivity index (χ2v) is 12.8. The first-order valence-electron chi connectivity index (χ1n) is 16.0. The van der Waals surface area contributed by atoms with E-state index in [1.54, 1.807) is 55.5 Å². The van der Waals surface area contributed by atoms with E-state index in [4.69, 9.17) is 4.74 Å². The van der Waals surface area contributed by atoms with Gasteiger partial charge in [-0.3, -0.25) is 0 Å². The summed E-state index contributed by atoms with van der Waals surface area (Å²) in [5, 5.41) is 25.6. The molecule has 0 saturated carbocycles. The summed E-state index contributed by atoms with van der Waals surface area (Å²) in [6, 6.07) is 28.4. The van der Waals surface area contributed by atoms with E-state index in [1.807, 2.05) is 48.5 Å². The predicted molar refractivity (Wildman–Crippen MR) is 186 cm³/mol. The molecule has 0 fully saturated rings. The number of benzene rings is 4. The van der Waals surface area contributed by atoms with Crippen LogP contribution in [0.25, 0.3) is 0 Å². The van der Waals surface area contributed by atoms with Crippen LogP contribution in [-0.2, 0) is 0 Å². The van der Waals surface area contributed by atoms with Gasteiger partial charge in [0.15, 0.2) is 0 Å². The highest BCUT2D eigenvalue weighted by Crippen LogP contribution is 2.29. The van der Waals surface area contributed by atoms with Crippen LogP contribution in [0.1, 0.15) is 47.5 Å². The van der Waals surface area contributed by atoms with Crippen LogP contribution in [-0.4, -0.2) is 25.9 Å². The highest BCUT2D eigenvalue weighted by Gasteiger charge is 2.30. The molecule has 0 N–H and O–H groups in total. The van der Waals surface area contributed by atoms with Gasteiger partial charge >= 0.3 is 6.18 Å². The Bertz CT molecular complexity index is 1640. The lowest BCUT2D eigenvalue weighted by molar-refractivity contribution is -0.119. The van der Waals surface area contributed by atoms with Crippen LogP contribution < -0.4 is 9.64 Å². The number of ether oxygens (including phenoxy) is 1. The minimum absolute atomic E-state index is 0.242. The van der Waals surface area contributed by atoms with Crippen molar-refractivity contribution in [3.05, 3.63) is 97.1 Å². The zero-order chi connectivity index (χ0) is 34.6. The van der Waals surface area contributed by atoms with E-state index in [1.165, 1.54) is 11.3 Å². The van der Waals surface area contributed by atoms with E-state index < -0.39 is 12.7 Å². The van der Waals surface area contributed by atoms with Crippen molar-refractivity contribution in [2.45, 2.75) is 53.6 Å². The summed E-state index contributed by atoms with van der Waals surface area (Å²) < 4.78 is 44.3. The Labute approximate surface area is 280 Å². The third kappa shape index (κ3) is 12.7. The number of halogens is 3. The quantitative estimate of drug-likeness (QED) is 0.126. The predicted octanol–water partition coefficient (Wildman–Crippen LogP) is 13.2. The van der Waals surface area contributed by atoms with Gasteiger partial charge in [-0.1, -0.05) is 27.7 Å². The van der Waals surface area contributed by atoms with Gasteiger partial charge in [0.1, 0.15) is 12.3 Å². The standard InChI is InChI=1S/C37H42F3N7O/c1-6-47(26-37(38,39)40)34-19-15-32(16-20-34)45-43-30-11-7-28(8-12-30)41-42-29-9-13-31(14-10-29)44-46-33-17-21-35(22-18-33)48-24-23-27(2)25-36(3,4)5/h7-22,27H,6,23-26H2,1-5H3/b42-41+,45-43+,46-44+. The molecule has 4 rings (SSSR count). The first kappa shape index (κ1) is 35.9. The van der Waals surface area contributed by atoms with Gasteiger partial charge in [-0.15, -0.1) is 0 Å². The third-order valence-electron chi connectivity index (χ3n) is 7.19. The summed E-state index contributed by atoms with van der Waals surface area (Å²) in [5.74, 6) is 1.43. The lowest BCUT2D eigenvalue weighted by Crippen LogP contribution is -2.33. The summed E-state index contributed by atoms with van der Waals surface area (Å²) in [4.78, 5) is 1.25. The Morgan fingerprint density at radius 2 is 0.958 bits per heavy atom. The Morgan fingerprint density at radius 1 is 0.604 bits per heavy atom. The fourth-order valence-electron chi connectivity index (χ4n) is 4.98. The molecule has 0 aliphatic rings. The van der Waals surface area contributed by atoms with Gasteiger partial charge in [0, 0.05) is 12.2 Å². The number of nitrogens with zero attached hydrogens (tertiary/aromatic N) is 7. The van der Waals surface area contributed by atoms with E-state index >= 15 is 0 Å². The van der Waals surface area contributed by atoms with Crippen molar-refractivity contribution >= 4 is 39.8 Å². The van der Waals surface area contributed by atoms with Crippen molar-refractivity contribution in [1.82, 2.24) is 0 Å². The van der Waals surface area contributed by atoms with Gasteiger partial charge in [-0.25, -0.2) is 0 Å². The molecule has 0 amide bonds. The molecule has 0 spiro atoms. The van der Waals surface area contributed by atoms with Gasteiger partial charge in [0.2, 0.25) is 0 Å². The van der Waals surface area contributed by atoms with Crippen molar-refractivity contribution in [1.29, 1.82) is 0 Å². The SMILES string of the molecule is CCN(CC(F)(F)F)c1ccc(/N=N/c2ccc(/N=N/c3ccc(/N=N/c4ccc(OCCC(C)CC(C)(C)C)cc4)cc3)cc2)cc1. The first-order chi connectivity index (χ1) is 22.8. The maximum absolute atomic E-state index is 12.8. The lowest BCUT2D eigenvalue weighted by atomic mass is 9.84. The highest BCUT2D eigenvalue weighted by molar-refractivity contribution is 5.54. The van der Waals surface area contributed by atoms with Gasteiger partial charge in [-0.05, 0) is 128 Å². The molecule has 4 aromatic rings. The minimum atomic E-state index is -4.27. The molecule has 1 unspecified atom stereocenters.